The molecule has 2 heterocycles. The van der Waals surface area contributed by atoms with E-state index in [0.717, 1.165) is 37.9 Å². The number of nitrogens with one attached hydrogen (secondary N) is 1. The second kappa shape index (κ2) is 10.0. The van der Waals surface area contributed by atoms with Gasteiger partial charge in [-0.1, -0.05) is 36.4 Å². The summed E-state index contributed by atoms with van der Waals surface area (Å²) in [5.41, 5.74) is 1.44. The minimum absolute atomic E-state index is 0. The topological polar surface area (TPSA) is 27.6 Å². The summed E-state index contributed by atoms with van der Waals surface area (Å²) < 4.78 is 0. The molecule has 2 aromatic rings. The Morgan fingerprint density at radius 1 is 1.25 bits per heavy atom. The summed E-state index contributed by atoms with van der Waals surface area (Å²) in [4.78, 5) is 8.30. The van der Waals surface area contributed by atoms with Crippen molar-refractivity contribution >= 4 is 41.3 Å². The highest BCUT2D eigenvalue weighted by Crippen LogP contribution is 2.20. The monoisotopic (exact) mass is 455 g/mol. The average molecular weight is 455 g/mol. The molecule has 0 saturated carbocycles. The van der Waals surface area contributed by atoms with Crippen LogP contribution < -0.4 is 5.32 Å². The van der Waals surface area contributed by atoms with Crippen molar-refractivity contribution in [3.63, 3.8) is 0 Å². The molecule has 5 heteroatoms. The van der Waals surface area contributed by atoms with Crippen LogP contribution in [0.5, 0.6) is 0 Å². The molecule has 0 bridgehead atoms. The number of guanidine groups is 1. The molecular weight excluding hydrogens is 429 g/mol. The van der Waals surface area contributed by atoms with E-state index in [2.05, 4.69) is 63.1 Å². The first-order valence-corrected chi connectivity index (χ1v) is 9.25. The molecule has 1 atom stereocenters. The lowest BCUT2D eigenvalue weighted by Gasteiger charge is -2.21. The van der Waals surface area contributed by atoms with Gasteiger partial charge in [-0.2, -0.15) is 0 Å². The molecule has 0 spiro atoms. The number of likely N-dealkylation sites (tertiary alicyclic amines) is 1. The Kier molecular flexibility index (Phi) is 8.05. The highest BCUT2D eigenvalue weighted by atomic mass is 127. The van der Waals surface area contributed by atoms with Crippen molar-refractivity contribution in [1.82, 2.24) is 10.2 Å². The van der Waals surface area contributed by atoms with E-state index in [9.17, 15) is 0 Å². The van der Waals surface area contributed by atoms with Crippen LogP contribution >= 0.6 is 35.3 Å². The molecule has 1 aliphatic heterocycles. The van der Waals surface area contributed by atoms with Crippen LogP contribution in [0.2, 0.25) is 0 Å². The van der Waals surface area contributed by atoms with E-state index in [1.807, 2.05) is 18.4 Å². The number of hydrogen-bond donors (Lipinski definition) is 1. The maximum atomic E-state index is 4.47. The zero-order valence-electron chi connectivity index (χ0n) is 14.1. The molecule has 1 fully saturated rings. The molecule has 1 unspecified atom stereocenters. The third-order valence-electron chi connectivity index (χ3n) is 4.40. The molecule has 1 N–H and O–H groups in total. The van der Waals surface area contributed by atoms with E-state index in [1.54, 1.807) is 0 Å². The van der Waals surface area contributed by atoms with Crippen molar-refractivity contribution in [3.8, 4) is 0 Å². The van der Waals surface area contributed by atoms with Gasteiger partial charge in [0.25, 0.3) is 0 Å². The first-order valence-electron chi connectivity index (χ1n) is 8.37. The lowest BCUT2D eigenvalue weighted by molar-refractivity contribution is 0.460. The Labute approximate surface area is 166 Å². The van der Waals surface area contributed by atoms with Crippen LogP contribution in [-0.4, -0.2) is 37.5 Å². The summed E-state index contributed by atoms with van der Waals surface area (Å²) in [6.45, 7) is 3.16. The predicted octanol–water partition coefficient (Wildman–Crippen LogP) is 4.05. The Morgan fingerprint density at radius 2 is 2.08 bits per heavy atom. The lowest BCUT2D eigenvalue weighted by atomic mass is 9.99. The summed E-state index contributed by atoms with van der Waals surface area (Å²) >= 11 is 1.82. The SMILES string of the molecule is CN=C(NCCc1cccs1)N1CCC(Cc2ccccc2)C1.I. The fraction of sp³-hybridized carbons (Fsp3) is 0.421. The maximum Gasteiger partial charge on any atom is 0.193 e. The highest BCUT2D eigenvalue weighted by molar-refractivity contribution is 14.0. The van der Waals surface area contributed by atoms with E-state index in [4.69, 9.17) is 0 Å². The lowest BCUT2D eigenvalue weighted by Crippen LogP contribution is -2.40. The van der Waals surface area contributed by atoms with E-state index in [0.29, 0.717) is 0 Å². The minimum atomic E-state index is 0. The number of thiophene rings is 1. The summed E-state index contributed by atoms with van der Waals surface area (Å²) in [5, 5.41) is 5.65. The van der Waals surface area contributed by atoms with Gasteiger partial charge >= 0.3 is 0 Å². The number of benzene rings is 1. The maximum absolute atomic E-state index is 4.47. The Balaban J connectivity index is 0.00000208. The van der Waals surface area contributed by atoms with Crippen molar-refractivity contribution in [3.05, 3.63) is 58.3 Å². The van der Waals surface area contributed by atoms with Gasteiger partial charge < -0.3 is 10.2 Å². The first-order chi connectivity index (χ1) is 11.3. The largest absolute Gasteiger partial charge is 0.356 e. The van der Waals surface area contributed by atoms with Crippen LogP contribution in [0, 0.1) is 5.92 Å². The smallest absolute Gasteiger partial charge is 0.193 e. The second-order valence-corrected chi connectivity index (χ2v) is 7.13. The Bertz CT molecular complexity index is 613. The first kappa shape index (κ1) is 19.2. The second-order valence-electron chi connectivity index (χ2n) is 6.09. The van der Waals surface area contributed by atoms with Gasteiger partial charge in [-0.3, -0.25) is 4.99 Å². The average Bonchev–Trinajstić information content (AvgIpc) is 3.25. The standard InChI is InChI=1S/C19H25N3S.HI/c1-20-19(21-11-9-18-8-5-13-23-18)22-12-10-17(15-22)14-16-6-3-2-4-7-16;/h2-8,13,17H,9-12,14-15H2,1H3,(H,20,21);1H. The van der Waals surface area contributed by atoms with Crippen molar-refractivity contribution < 1.29 is 0 Å². The number of aliphatic imine (C=N–C) groups is 1. The number of nitrogens with zero attached hydrogens (tertiary/aromatic N) is 2. The molecule has 1 aromatic heterocycles. The van der Waals surface area contributed by atoms with E-state index in [-0.39, 0.29) is 24.0 Å². The van der Waals surface area contributed by atoms with Gasteiger partial charge in [0.1, 0.15) is 0 Å². The van der Waals surface area contributed by atoms with Crippen LogP contribution in [0.15, 0.2) is 52.8 Å². The normalized spacial score (nSPS) is 17.6. The third-order valence-corrected chi connectivity index (χ3v) is 5.34. The van der Waals surface area contributed by atoms with Crippen LogP contribution in [-0.2, 0) is 12.8 Å². The van der Waals surface area contributed by atoms with Gasteiger partial charge in [0.05, 0.1) is 0 Å². The van der Waals surface area contributed by atoms with Gasteiger partial charge in [-0.25, -0.2) is 0 Å². The van der Waals surface area contributed by atoms with Gasteiger partial charge in [-0.15, -0.1) is 35.3 Å². The number of rotatable bonds is 5. The molecule has 3 nitrogen and oxygen atoms in total. The van der Waals surface area contributed by atoms with E-state index in [1.165, 1.54) is 23.3 Å². The molecule has 1 aromatic carbocycles. The van der Waals surface area contributed by atoms with Gasteiger partial charge in [0, 0.05) is 31.6 Å². The molecule has 1 saturated heterocycles. The van der Waals surface area contributed by atoms with Crippen LogP contribution in [0.1, 0.15) is 16.9 Å². The highest BCUT2D eigenvalue weighted by Gasteiger charge is 2.24. The van der Waals surface area contributed by atoms with Crippen LogP contribution in [0.25, 0.3) is 0 Å². The van der Waals surface area contributed by atoms with Crippen molar-refractivity contribution in [2.45, 2.75) is 19.3 Å². The van der Waals surface area contributed by atoms with E-state index < -0.39 is 0 Å². The molecular formula is C19H26IN3S. The summed E-state index contributed by atoms with van der Waals surface area (Å²) in [6, 6.07) is 15.1. The number of hydrogen-bond acceptors (Lipinski definition) is 2. The van der Waals surface area contributed by atoms with Crippen molar-refractivity contribution in [2.24, 2.45) is 10.9 Å². The predicted molar refractivity (Wildman–Crippen MR) is 115 cm³/mol. The van der Waals surface area contributed by atoms with Gasteiger partial charge in [-0.05, 0) is 42.2 Å². The molecule has 3 rings (SSSR count). The Hall–Kier alpha value is -1.08. The summed E-state index contributed by atoms with van der Waals surface area (Å²) in [7, 11) is 1.89. The zero-order chi connectivity index (χ0) is 15.9. The molecule has 130 valence electrons. The van der Waals surface area contributed by atoms with Crippen LogP contribution in [0.3, 0.4) is 0 Å². The molecule has 0 amide bonds. The molecule has 0 aliphatic carbocycles. The summed E-state index contributed by atoms with van der Waals surface area (Å²) in [6.07, 6.45) is 3.49. The minimum Gasteiger partial charge on any atom is -0.356 e. The van der Waals surface area contributed by atoms with Gasteiger partial charge in [0.2, 0.25) is 0 Å². The van der Waals surface area contributed by atoms with Crippen molar-refractivity contribution in [2.75, 3.05) is 26.7 Å². The van der Waals surface area contributed by atoms with Gasteiger partial charge in [0.15, 0.2) is 5.96 Å². The number of halogens is 1. The fourth-order valence-electron chi connectivity index (χ4n) is 3.22. The third kappa shape index (κ3) is 5.48. The zero-order valence-corrected chi connectivity index (χ0v) is 17.3. The fourth-order valence-corrected chi connectivity index (χ4v) is 3.93. The molecule has 24 heavy (non-hydrogen) atoms. The quantitative estimate of drug-likeness (QED) is 0.419. The van der Waals surface area contributed by atoms with Crippen LogP contribution in [0.4, 0.5) is 0 Å². The Morgan fingerprint density at radius 3 is 2.79 bits per heavy atom. The molecule has 0 radical (unpaired) electrons. The molecule has 1 aliphatic rings. The summed E-state index contributed by atoms with van der Waals surface area (Å²) in [5.74, 6) is 1.78. The van der Waals surface area contributed by atoms with E-state index >= 15 is 0 Å². The van der Waals surface area contributed by atoms with Crippen molar-refractivity contribution in [1.29, 1.82) is 0 Å².